The molecule has 2 N–H and O–H groups in total. The Balaban J connectivity index is 2.49. The minimum atomic E-state index is -2.94. The molecule has 90 valence electrons. The van der Waals surface area contributed by atoms with Gasteiger partial charge in [0.1, 0.15) is 9.84 Å². The van der Waals surface area contributed by atoms with Crippen molar-refractivity contribution in [2.24, 2.45) is 0 Å². The second-order valence-corrected chi connectivity index (χ2v) is 6.16. The molecule has 0 unspecified atom stereocenters. The number of ether oxygens (including phenoxy) is 1. The van der Waals surface area contributed by atoms with Crippen LogP contribution < -0.4 is 10.5 Å². The Kier molecular flexibility index (Phi) is 4.44. The van der Waals surface area contributed by atoms with E-state index in [2.05, 4.69) is 0 Å². The maximum absolute atomic E-state index is 10.9. The number of benzene rings is 1. The van der Waals surface area contributed by atoms with Crippen LogP contribution in [0.3, 0.4) is 0 Å². The summed E-state index contributed by atoms with van der Waals surface area (Å²) in [6.07, 6.45) is 1.61. The minimum Gasteiger partial charge on any atom is -0.490 e. The number of para-hydroxylation sites is 1. The average Bonchev–Trinajstić information content (AvgIpc) is 2.14. The lowest BCUT2D eigenvalue weighted by molar-refractivity contribution is 0.319. The van der Waals surface area contributed by atoms with Crippen LogP contribution in [0.2, 0.25) is 5.02 Å². The quantitative estimate of drug-likeness (QED) is 0.649. The van der Waals surface area contributed by atoms with Crippen molar-refractivity contribution >= 4 is 27.1 Å². The van der Waals surface area contributed by atoms with Crippen molar-refractivity contribution in [3.8, 4) is 5.75 Å². The first kappa shape index (κ1) is 13.1. The van der Waals surface area contributed by atoms with Crippen molar-refractivity contribution in [3.63, 3.8) is 0 Å². The van der Waals surface area contributed by atoms with Gasteiger partial charge in [-0.05, 0) is 18.6 Å². The number of nitrogens with two attached hydrogens (primary N) is 1. The summed E-state index contributed by atoms with van der Waals surface area (Å²) < 4.78 is 27.1. The maximum Gasteiger partial charge on any atom is 0.160 e. The van der Waals surface area contributed by atoms with Gasteiger partial charge in [0.15, 0.2) is 5.75 Å². The number of halogens is 1. The average molecular weight is 264 g/mol. The van der Waals surface area contributed by atoms with Crippen molar-refractivity contribution in [1.29, 1.82) is 0 Å². The summed E-state index contributed by atoms with van der Waals surface area (Å²) in [5.41, 5.74) is 6.11. The molecule has 0 atom stereocenters. The highest BCUT2D eigenvalue weighted by molar-refractivity contribution is 7.90. The van der Waals surface area contributed by atoms with E-state index in [0.717, 1.165) is 0 Å². The lowest BCUT2D eigenvalue weighted by Crippen LogP contribution is -2.08. The molecule has 16 heavy (non-hydrogen) atoms. The van der Waals surface area contributed by atoms with E-state index in [9.17, 15) is 8.42 Å². The van der Waals surface area contributed by atoms with Crippen molar-refractivity contribution in [3.05, 3.63) is 23.2 Å². The molecule has 0 fully saturated rings. The van der Waals surface area contributed by atoms with Gasteiger partial charge in [-0.25, -0.2) is 8.42 Å². The largest absolute Gasteiger partial charge is 0.490 e. The van der Waals surface area contributed by atoms with Crippen LogP contribution in [-0.2, 0) is 9.84 Å². The Morgan fingerprint density at radius 3 is 2.69 bits per heavy atom. The van der Waals surface area contributed by atoms with Crippen LogP contribution in [0.5, 0.6) is 5.75 Å². The number of nitrogen functional groups attached to an aromatic ring is 1. The van der Waals surface area contributed by atoms with Gasteiger partial charge >= 0.3 is 0 Å². The van der Waals surface area contributed by atoms with Crippen molar-refractivity contribution in [2.75, 3.05) is 24.3 Å². The van der Waals surface area contributed by atoms with Crippen molar-refractivity contribution in [1.82, 2.24) is 0 Å². The summed E-state index contributed by atoms with van der Waals surface area (Å²) >= 11 is 5.88. The van der Waals surface area contributed by atoms with Gasteiger partial charge in [-0.1, -0.05) is 17.7 Å². The Labute approximate surface area is 100 Å². The van der Waals surface area contributed by atoms with E-state index in [1.807, 2.05) is 0 Å². The molecule has 6 heteroatoms. The zero-order chi connectivity index (χ0) is 12.2. The Morgan fingerprint density at radius 1 is 1.44 bits per heavy atom. The van der Waals surface area contributed by atoms with Crippen LogP contribution in [-0.4, -0.2) is 27.0 Å². The fourth-order valence-corrected chi connectivity index (χ4v) is 2.05. The zero-order valence-corrected chi connectivity index (χ0v) is 10.5. The van der Waals surface area contributed by atoms with Crippen LogP contribution in [0.25, 0.3) is 0 Å². The van der Waals surface area contributed by atoms with E-state index in [0.29, 0.717) is 22.9 Å². The molecular formula is C10H14ClNO3S. The molecule has 0 aliphatic carbocycles. The third-order valence-corrected chi connectivity index (χ3v) is 3.23. The third kappa shape index (κ3) is 4.28. The van der Waals surface area contributed by atoms with E-state index < -0.39 is 9.84 Å². The molecule has 0 aliphatic rings. The van der Waals surface area contributed by atoms with Gasteiger partial charge in [0.2, 0.25) is 0 Å². The molecule has 1 aromatic rings. The van der Waals surface area contributed by atoms with E-state index >= 15 is 0 Å². The number of sulfone groups is 1. The van der Waals surface area contributed by atoms with Gasteiger partial charge in [0.25, 0.3) is 0 Å². The normalized spacial score (nSPS) is 11.4. The van der Waals surface area contributed by atoms with Gasteiger partial charge in [-0.2, -0.15) is 0 Å². The summed E-state index contributed by atoms with van der Waals surface area (Å²) in [6, 6.07) is 5.07. The highest BCUT2D eigenvalue weighted by Gasteiger charge is 2.06. The molecule has 1 rings (SSSR count). The highest BCUT2D eigenvalue weighted by Crippen LogP contribution is 2.30. The number of hydrogen-bond donors (Lipinski definition) is 1. The second kappa shape index (κ2) is 5.41. The fourth-order valence-electron chi connectivity index (χ4n) is 1.17. The molecule has 0 saturated carbocycles. The summed E-state index contributed by atoms with van der Waals surface area (Å²) in [6.45, 7) is 0.279. The predicted molar refractivity (Wildman–Crippen MR) is 65.7 cm³/mol. The molecule has 0 bridgehead atoms. The minimum absolute atomic E-state index is 0.0946. The third-order valence-electron chi connectivity index (χ3n) is 1.90. The Bertz CT molecular complexity index is 439. The molecule has 0 heterocycles. The van der Waals surface area contributed by atoms with E-state index in [-0.39, 0.29) is 12.4 Å². The first-order chi connectivity index (χ1) is 7.40. The van der Waals surface area contributed by atoms with Crippen LogP contribution in [0, 0.1) is 0 Å². The summed E-state index contributed by atoms with van der Waals surface area (Å²) in [7, 11) is -2.94. The molecule has 0 aromatic heterocycles. The fraction of sp³-hybridized carbons (Fsp3) is 0.400. The van der Waals surface area contributed by atoms with Crippen LogP contribution in [0.15, 0.2) is 18.2 Å². The number of rotatable bonds is 5. The summed E-state index contributed by atoms with van der Waals surface area (Å²) in [5, 5.41) is 0.430. The van der Waals surface area contributed by atoms with Crippen LogP contribution in [0.1, 0.15) is 6.42 Å². The van der Waals surface area contributed by atoms with E-state index in [1.165, 1.54) is 6.26 Å². The van der Waals surface area contributed by atoms with Gasteiger partial charge in [-0.15, -0.1) is 0 Å². The molecule has 0 amide bonds. The Morgan fingerprint density at radius 2 is 2.12 bits per heavy atom. The molecule has 0 spiro atoms. The summed E-state index contributed by atoms with van der Waals surface area (Å²) in [4.78, 5) is 0. The topological polar surface area (TPSA) is 69.4 Å². The second-order valence-electron chi connectivity index (χ2n) is 3.49. The number of hydrogen-bond acceptors (Lipinski definition) is 4. The number of anilines is 1. The monoisotopic (exact) mass is 263 g/mol. The molecule has 4 nitrogen and oxygen atoms in total. The van der Waals surface area contributed by atoms with E-state index in [4.69, 9.17) is 22.1 Å². The SMILES string of the molecule is CS(=O)(=O)CCCOc1c(N)cccc1Cl. The van der Waals surface area contributed by atoms with Crippen molar-refractivity contribution in [2.45, 2.75) is 6.42 Å². The van der Waals surface area contributed by atoms with E-state index in [1.54, 1.807) is 18.2 Å². The van der Waals surface area contributed by atoms with Crippen LogP contribution in [0.4, 0.5) is 5.69 Å². The molecule has 0 aliphatic heterocycles. The van der Waals surface area contributed by atoms with Crippen molar-refractivity contribution < 1.29 is 13.2 Å². The molecule has 0 saturated heterocycles. The molecular weight excluding hydrogens is 250 g/mol. The van der Waals surface area contributed by atoms with Gasteiger partial charge in [0, 0.05) is 6.26 Å². The summed E-state index contributed by atoms with van der Waals surface area (Å²) in [5.74, 6) is 0.509. The lowest BCUT2D eigenvalue weighted by Gasteiger charge is -2.09. The maximum atomic E-state index is 10.9. The first-order valence-corrected chi connectivity index (χ1v) is 7.18. The smallest absolute Gasteiger partial charge is 0.160 e. The van der Waals surface area contributed by atoms with Crippen LogP contribution >= 0.6 is 11.6 Å². The highest BCUT2D eigenvalue weighted by atomic mass is 35.5. The standard InChI is InChI=1S/C10H14ClNO3S/c1-16(13,14)7-3-6-15-10-8(11)4-2-5-9(10)12/h2,4-5H,3,6-7,12H2,1H3. The van der Waals surface area contributed by atoms with Gasteiger partial charge in [-0.3, -0.25) is 0 Å². The molecule has 1 aromatic carbocycles. The van der Waals surface area contributed by atoms with Gasteiger partial charge < -0.3 is 10.5 Å². The zero-order valence-electron chi connectivity index (χ0n) is 8.94. The lowest BCUT2D eigenvalue weighted by atomic mass is 10.3. The first-order valence-electron chi connectivity index (χ1n) is 4.74. The molecule has 0 radical (unpaired) electrons. The van der Waals surface area contributed by atoms with Gasteiger partial charge in [0.05, 0.1) is 23.1 Å². The Hall–Kier alpha value is -0.940. The predicted octanol–water partition coefficient (Wildman–Crippen LogP) is 1.74.